The highest BCUT2D eigenvalue weighted by atomic mass is 79.9. The number of nitrogens with zero attached hydrogens (tertiary/aromatic N) is 8. The van der Waals surface area contributed by atoms with E-state index < -0.39 is 5.82 Å². The van der Waals surface area contributed by atoms with Gasteiger partial charge in [0.25, 0.3) is 0 Å². The molecule has 310 valence electrons. The fourth-order valence-electron chi connectivity index (χ4n) is 7.24. The summed E-state index contributed by atoms with van der Waals surface area (Å²) < 4.78 is 33.3. The molecule has 6 heterocycles. The van der Waals surface area contributed by atoms with Crippen LogP contribution in [0.1, 0.15) is 34.2 Å². The number of imidazole rings is 2. The Bertz CT molecular complexity index is 3280. The van der Waals surface area contributed by atoms with Crippen molar-refractivity contribution in [3.63, 3.8) is 0 Å². The van der Waals surface area contributed by atoms with E-state index in [1.54, 1.807) is 43.0 Å². The number of halogens is 3. The van der Waals surface area contributed by atoms with Gasteiger partial charge in [0.05, 0.1) is 67.8 Å². The molecule has 0 saturated heterocycles. The Morgan fingerprint density at radius 3 is 1.49 bits per heavy atom. The van der Waals surface area contributed by atoms with Gasteiger partial charge in [0.1, 0.15) is 17.5 Å². The van der Waals surface area contributed by atoms with E-state index in [1.807, 2.05) is 92.7 Å². The number of aryl methyl sites for hydroxylation is 2. The Morgan fingerprint density at radius 1 is 0.524 bits per heavy atom. The molecule has 0 aliphatic rings. The van der Waals surface area contributed by atoms with Crippen LogP contribution in [0.4, 0.5) is 8.78 Å². The van der Waals surface area contributed by atoms with Crippen LogP contribution in [-0.4, -0.2) is 56.9 Å². The molecule has 0 aliphatic heterocycles. The number of nitrogens with one attached hydrogen (secondary N) is 2. The molecule has 0 radical (unpaired) electrons. The number of hydrogen-bond acceptors (Lipinski definition) is 9. The van der Waals surface area contributed by atoms with Gasteiger partial charge in [-0.15, -0.1) is 0 Å². The van der Waals surface area contributed by atoms with E-state index in [-0.39, 0.29) is 11.6 Å². The Labute approximate surface area is 369 Å². The van der Waals surface area contributed by atoms with Crippen molar-refractivity contribution >= 4 is 38.0 Å². The Kier molecular flexibility index (Phi) is 11.5. The van der Waals surface area contributed by atoms with Crippen LogP contribution in [-0.2, 0) is 12.8 Å². The normalized spacial score (nSPS) is 11.1. The molecule has 14 heteroatoms. The molecule has 6 aromatic heterocycles. The number of aromatic nitrogens is 10. The zero-order valence-electron chi connectivity index (χ0n) is 34.2. The molecule has 0 fully saturated rings. The van der Waals surface area contributed by atoms with Crippen molar-refractivity contribution in [2.24, 2.45) is 0 Å². The summed E-state index contributed by atoms with van der Waals surface area (Å²) in [5.41, 5.74) is 13.4. The second-order valence-corrected chi connectivity index (χ2v) is 15.6. The SMILES string of the molecule is COc1ccc(Cc2nc(-c3ccc4nccnc4c3)c(-c3cccc(C)n3)[nH]2)cc1F.Cc1cccc(-c2[nH]c(Cc3ccc(F)c(Br)c3)nc2-c2ccc3nccnc3c2)n1. The second-order valence-electron chi connectivity index (χ2n) is 14.7. The maximum Gasteiger partial charge on any atom is 0.165 e. The maximum absolute atomic E-state index is 14.2. The minimum Gasteiger partial charge on any atom is -0.494 e. The Balaban J connectivity index is 0.000000160. The van der Waals surface area contributed by atoms with Crippen LogP contribution in [0, 0.1) is 25.5 Å². The summed E-state index contributed by atoms with van der Waals surface area (Å²) in [5, 5.41) is 0. The van der Waals surface area contributed by atoms with Gasteiger partial charge in [-0.05, 0) is 114 Å². The topological polar surface area (TPSA) is 144 Å². The fraction of sp³-hybridized carbons (Fsp3) is 0.102. The number of ether oxygens (including phenoxy) is 1. The van der Waals surface area contributed by atoms with E-state index in [4.69, 9.17) is 14.7 Å². The molecule has 11 nitrogen and oxygen atoms in total. The zero-order valence-corrected chi connectivity index (χ0v) is 35.8. The van der Waals surface area contributed by atoms with Gasteiger partial charge in [-0.3, -0.25) is 29.9 Å². The van der Waals surface area contributed by atoms with Crippen molar-refractivity contribution in [1.82, 2.24) is 49.8 Å². The minimum atomic E-state index is -0.398. The quantitative estimate of drug-likeness (QED) is 0.145. The first-order valence-electron chi connectivity index (χ1n) is 19.9. The molecule has 0 atom stereocenters. The number of H-pyrrole nitrogens is 2. The summed E-state index contributed by atoms with van der Waals surface area (Å²) in [6.45, 7) is 3.91. The monoisotopic (exact) mass is 898 g/mol. The molecule has 4 aromatic carbocycles. The van der Waals surface area contributed by atoms with Crippen molar-refractivity contribution in [3.05, 3.63) is 184 Å². The van der Waals surface area contributed by atoms with Gasteiger partial charge in [0, 0.05) is 60.1 Å². The van der Waals surface area contributed by atoms with Crippen LogP contribution >= 0.6 is 15.9 Å². The van der Waals surface area contributed by atoms with Gasteiger partial charge >= 0.3 is 0 Å². The van der Waals surface area contributed by atoms with Crippen LogP contribution in [0.2, 0.25) is 0 Å². The van der Waals surface area contributed by atoms with Gasteiger partial charge in [-0.25, -0.2) is 18.7 Å². The highest BCUT2D eigenvalue weighted by Crippen LogP contribution is 2.33. The molecule has 10 rings (SSSR count). The smallest absolute Gasteiger partial charge is 0.165 e. The minimum absolute atomic E-state index is 0.218. The lowest BCUT2D eigenvalue weighted by molar-refractivity contribution is 0.386. The van der Waals surface area contributed by atoms with E-state index in [1.165, 1.54) is 19.2 Å². The van der Waals surface area contributed by atoms with E-state index in [0.29, 0.717) is 23.1 Å². The van der Waals surface area contributed by atoms with Gasteiger partial charge in [-0.1, -0.05) is 36.4 Å². The summed E-state index contributed by atoms with van der Waals surface area (Å²) in [5.74, 6) is 1.01. The maximum atomic E-state index is 14.2. The Morgan fingerprint density at radius 2 is 1.02 bits per heavy atom. The molecule has 10 aromatic rings. The third-order valence-electron chi connectivity index (χ3n) is 10.2. The largest absolute Gasteiger partial charge is 0.494 e. The van der Waals surface area contributed by atoms with Crippen LogP contribution in [0.5, 0.6) is 5.75 Å². The Hall–Kier alpha value is -7.58. The summed E-state index contributed by atoms with van der Waals surface area (Å²) in [6, 6.07) is 33.5. The van der Waals surface area contributed by atoms with Crippen molar-refractivity contribution in [2.75, 3.05) is 7.11 Å². The van der Waals surface area contributed by atoms with Crippen molar-refractivity contribution in [3.8, 4) is 51.0 Å². The summed E-state index contributed by atoms with van der Waals surface area (Å²) >= 11 is 3.25. The molecule has 0 saturated carbocycles. The number of fused-ring (bicyclic) bond motifs is 2. The molecule has 0 amide bonds. The van der Waals surface area contributed by atoms with Gasteiger partial charge in [-0.2, -0.15) is 0 Å². The summed E-state index contributed by atoms with van der Waals surface area (Å²) in [6.07, 6.45) is 7.67. The lowest BCUT2D eigenvalue weighted by atomic mass is 10.1. The van der Waals surface area contributed by atoms with Gasteiger partial charge in [0.15, 0.2) is 11.6 Å². The highest BCUT2D eigenvalue weighted by molar-refractivity contribution is 9.10. The molecule has 0 spiro atoms. The average Bonchev–Trinajstić information content (AvgIpc) is 3.92. The molecule has 0 unspecified atom stereocenters. The van der Waals surface area contributed by atoms with Crippen LogP contribution in [0.3, 0.4) is 0 Å². The third kappa shape index (κ3) is 9.07. The number of pyridine rings is 2. The lowest BCUT2D eigenvalue weighted by Crippen LogP contribution is -1.94. The number of hydrogen-bond donors (Lipinski definition) is 2. The van der Waals surface area contributed by atoms with Crippen LogP contribution in [0.25, 0.3) is 67.4 Å². The fourth-order valence-corrected chi connectivity index (χ4v) is 7.67. The molecular weight excluding hydrogens is 863 g/mol. The predicted molar refractivity (Wildman–Crippen MR) is 243 cm³/mol. The van der Waals surface area contributed by atoms with Crippen LogP contribution < -0.4 is 4.74 Å². The molecule has 63 heavy (non-hydrogen) atoms. The standard InChI is InChI=1S/C25H20FN5O.C24H17BrFN5/c1-15-4-3-5-20(29-15)25-24(17-7-8-19-21(14-17)28-11-10-27-19)30-23(31-25)13-16-6-9-22(32-2)18(26)12-16;1-14-3-2-4-20(29-14)24-23(16-6-8-19-21(13-16)28-10-9-27-19)30-22(31-24)12-15-5-7-18(26)17(25)11-15/h3-12,14H,13H2,1-2H3,(H,30,31);2-11,13H,12H2,1H3,(H,30,31). The van der Waals surface area contributed by atoms with E-state index in [0.717, 1.165) is 95.7 Å². The third-order valence-corrected chi connectivity index (χ3v) is 10.8. The summed E-state index contributed by atoms with van der Waals surface area (Å²) in [4.78, 5) is 43.5. The second kappa shape index (κ2) is 17.8. The summed E-state index contributed by atoms with van der Waals surface area (Å²) in [7, 11) is 1.45. The first-order chi connectivity index (χ1) is 30.7. The number of rotatable bonds is 9. The zero-order chi connectivity index (χ0) is 43.5. The molecule has 0 aliphatic carbocycles. The molecular formula is C49H37BrF2N10O. The molecule has 2 N–H and O–H groups in total. The number of aromatic amines is 2. The van der Waals surface area contributed by atoms with Gasteiger partial charge in [0.2, 0.25) is 0 Å². The number of methoxy groups -OCH3 is 1. The van der Waals surface area contributed by atoms with E-state index >= 15 is 0 Å². The predicted octanol–water partition coefficient (Wildman–Crippen LogP) is 11.0. The van der Waals surface area contributed by atoms with Crippen LogP contribution in [0.15, 0.2) is 138 Å². The van der Waals surface area contributed by atoms with E-state index in [9.17, 15) is 8.78 Å². The van der Waals surface area contributed by atoms with Crippen molar-refractivity contribution < 1.29 is 13.5 Å². The van der Waals surface area contributed by atoms with Gasteiger partial charge < -0.3 is 14.7 Å². The molecule has 0 bridgehead atoms. The first kappa shape index (κ1) is 40.8. The average molecular weight is 900 g/mol. The van der Waals surface area contributed by atoms with Crippen molar-refractivity contribution in [1.29, 1.82) is 0 Å². The highest BCUT2D eigenvalue weighted by Gasteiger charge is 2.19. The van der Waals surface area contributed by atoms with Crippen molar-refractivity contribution in [2.45, 2.75) is 26.7 Å². The number of benzene rings is 4. The van der Waals surface area contributed by atoms with E-state index in [2.05, 4.69) is 55.8 Å². The first-order valence-corrected chi connectivity index (χ1v) is 20.7. The lowest BCUT2D eigenvalue weighted by Gasteiger charge is -2.04.